The van der Waals surface area contributed by atoms with Crippen molar-refractivity contribution in [1.82, 2.24) is 15.5 Å². The molecule has 6 heteroatoms. The van der Waals surface area contributed by atoms with E-state index in [2.05, 4.69) is 15.5 Å². The van der Waals surface area contributed by atoms with E-state index in [9.17, 15) is 4.79 Å². The van der Waals surface area contributed by atoms with E-state index in [1.165, 1.54) is 6.42 Å². The Hall–Kier alpha value is -0.850. The zero-order valence-corrected chi connectivity index (χ0v) is 14.9. The van der Waals surface area contributed by atoms with E-state index in [4.69, 9.17) is 9.47 Å². The second-order valence-corrected chi connectivity index (χ2v) is 7.61. The number of morpholine rings is 1. The van der Waals surface area contributed by atoms with Crippen molar-refractivity contribution < 1.29 is 14.3 Å². The largest absolute Gasteiger partial charge is 0.444 e. The van der Waals surface area contributed by atoms with Crippen LogP contribution in [0.1, 0.15) is 46.5 Å². The minimum Gasteiger partial charge on any atom is -0.444 e. The summed E-state index contributed by atoms with van der Waals surface area (Å²) in [5.74, 6) is 0. The number of nitrogens with zero attached hydrogens (tertiary/aromatic N) is 1. The molecule has 2 rings (SSSR count). The minimum absolute atomic E-state index is 0.222. The fraction of sp³-hybridized carbons (Fsp3) is 0.941. The summed E-state index contributed by atoms with van der Waals surface area (Å²) in [4.78, 5) is 14.3. The van der Waals surface area contributed by atoms with Gasteiger partial charge in [0.15, 0.2) is 0 Å². The SMILES string of the molecule is CC(C)(C)OC(=O)NC1CCCC(NCCN2CCOCC2)C1. The third-order valence-corrected chi connectivity index (χ3v) is 4.36. The number of carbonyl (C=O) groups excluding carboxylic acids is 1. The standard InChI is InChI=1S/C17H33N3O3/c1-17(2,3)23-16(21)19-15-6-4-5-14(13-15)18-7-8-20-9-11-22-12-10-20/h14-15,18H,4-13H2,1-3H3,(H,19,21). The molecule has 0 spiro atoms. The lowest BCUT2D eigenvalue weighted by atomic mass is 9.91. The molecule has 2 N–H and O–H groups in total. The van der Waals surface area contributed by atoms with E-state index >= 15 is 0 Å². The van der Waals surface area contributed by atoms with Gasteiger partial charge in [-0.2, -0.15) is 0 Å². The number of alkyl carbamates (subject to hydrolysis) is 1. The van der Waals surface area contributed by atoms with Crippen LogP contribution in [0, 0.1) is 0 Å². The number of hydrogen-bond donors (Lipinski definition) is 2. The third-order valence-electron chi connectivity index (χ3n) is 4.36. The van der Waals surface area contributed by atoms with Gasteiger partial charge in [0.2, 0.25) is 0 Å². The predicted molar refractivity (Wildman–Crippen MR) is 90.7 cm³/mol. The highest BCUT2D eigenvalue weighted by molar-refractivity contribution is 5.68. The van der Waals surface area contributed by atoms with Gasteiger partial charge in [-0.3, -0.25) is 4.90 Å². The molecule has 1 amide bonds. The molecule has 0 aromatic rings. The van der Waals surface area contributed by atoms with Crippen molar-refractivity contribution in [2.45, 2.75) is 64.1 Å². The van der Waals surface area contributed by atoms with Crippen LogP contribution in [0.4, 0.5) is 4.79 Å². The molecule has 0 aromatic carbocycles. The lowest BCUT2D eigenvalue weighted by Crippen LogP contribution is -2.47. The fourth-order valence-electron chi connectivity index (χ4n) is 3.23. The Morgan fingerprint density at radius 3 is 2.61 bits per heavy atom. The van der Waals surface area contributed by atoms with Gasteiger partial charge in [0, 0.05) is 38.3 Å². The number of hydrogen-bond acceptors (Lipinski definition) is 5. The quantitative estimate of drug-likeness (QED) is 0.805. The van der Waals surface area contributed by atoms with Crippen molar-refractivity contribution in [3.63, 3.8) is 0 Å². The maximum atomic E-state index is 11.9. The van der Waals surface area contributed by atoms with Crippen LogP contribution in [0.25, 0.3) is 0 Å². The summed E-state index contributed by atoms with van der Waals surface area (Å²) >= 11 is 0. The maximum Gasteiger partial charge on any atom is 0.407 e. The van der Waals surface area contributed by atoms with E-state index in [-0.39, 0.29) is 12.1 Å². The van der Waals surface area contributed by atoms with Gasteiger partial charge in [0.25, 0.3) is 0 Å². The molecule has 134 valence electrons. The van der Waals surface area contributed by atoms with Crippen LogP contribution in [0.2, 0.25) is 0 Å². The summed E-state index contributed by atoms with van der Waals surface area (Å²) in [7, 11) is 0. The molecule has 1 heterocycles. The van der Waals surface area contributed by atoms with Crippen molar-refractivity contribution in [3.05, 3.63) is 0 Å². The first kappa shape index (κ1) is 18.5. The first-order valence-corrected chi connectivity index (χ1v) is 8.95. The highest BCUT2D eigenvalue weighted by atomic mass is 16.6. The number of amides is 1. The molecule has 0 radical (unpaired) electrons. The predicted octanol–water partition coefficient (Wildman–Crippen LogP) is 1.74. The lowest BCUT2D eigenvalue weighted by molar-refractivity contribution is 0.0378. The summed E-state index contributed by atoms with van der Waals surface area (Å²) < 4.78 is 10.7. The second-order valence-electron chi connectivity index (χ2n) is 7.61. The normalized spacial score (nSPS) is 26.7. The Morgan fingerprint density at radius 1 is 1.22 bits per heavy atom. The van der Waals surface area contributed by atoms with Crippen LogP contribution >= 0.6 is 0 Å². The molecule has 1 aliphatic heterocycles. The molecule has 0 aromatic heterocycles. The number of carbonyl (C=O) groups is 1. The first-order valence-electron chi connectivity index (χ1n) is 8.95. The highest BCUT2D eigenvalue weighted by Gasteiger charge is 2.25. The zero-order valence-electron chi connectivity index (χ0n) is 14.9. The van der Waals surface area contributed by atoms with Crippen molar-refractivity contribution in [1.29, 1.82) is 0 Å². The molecule has 1 saturated heterocycles. The molecule has 1 aliphatic carbocycles. The van der Waals surface area contributed by atoms with Gasteiger partial charge < -0.3 is 20.1 Å². The van der Waals surface area contributed by atoms with Crippen molar-refractivity contribution in [2.75, 3.05) is 39.4 Å². The molecule has 0 bridgehead atoms. The van der Waals surface area contributed by atoms with Crippen LogP contribution in [0.15, 0.2) is 0 Å². The summed E-state index contributed by atoms with van der Waals surface area (Å²) in [5, 5.41) is 6.66. The summed E-state index contributed by atoms with van der Waals surface area (Å²) in [5.41, 5.74) is -0.436. The van der Waals surface area contributed by atoms with E-state index < -0.39 is 5.60 Å². The number of ether oxygens (including phenoxy) is 2. The van der Waals surface area contributed by atoms with E-state index in [1.54, 1.807) is 0 Å². The Labute approximate surface area is 140 Å². The van der Waals surface area contributed by atoms with Crippen LogP contribution < -0.4 is 10.6 Å². The number of nitrogens with one attached hydrogen (secondary N) is 2. The lowest BCUT2D eigenvalue weighted by Gasteiger charge is -2.32. The third kappa shape index (κ3) is 7.50. The molecule has 6 nitrogen and oxygen atoms in total. The van der Waals surface area contributed by atoms with Crippen molar-refractivity contribution >= 4 is 6.09 Å². The summed E-state index contributed by atoms with van der Waals surface area (Å²) in [6.07, 6.45) is 4.07. The molecule has 1 saturated carbocycles. The van der Waals surface area contributed by atoms with Gasteiger partial charge >= 0.3 is 6.09 Å². The number of rotatable bonds is 5. The topological polar surface area (TPSA) is 62.8 Å². The van der Waals surface area contributed by atoms with Gasteiger partial charge in [-0.15, -0.1) is 0 Å². The maximum absolute atomic E-state index is 11.9. The molecule has 2 aliphatic rings. The Balaban J connectivity index is 1.63. The fourth-order valence-corrected chi connectivity index (χ4v) is 3.23. The van der Waals surface area contributed by atoms with Crippen LogP contribution in [-0.2, 0) is 9.47 Å². The van der Waals surface area contributed by atoms with Gasteiger partial charge in [0.1, 0.15) is 5.60 Å². The van der Waals surface area contributed by atoms with Crippen molar-refractivity contribution in [3.8, 4) is 0 Å². The highest BCUT2D eigenvalue weighted by Crippen LogP contribution is 2.19. The van der Waals surface area contributed by atoms with E-state index in [0.717, 1.165) is 58.7 Å². The van der Waals surface area contributed by atoms with Crippen LogP contribution in [0.5, 0.6) is 0 Å². The van der Waals surface area contributed by atoms with Crippen molar-refractivity contribution in [2.24, 2.45) is 0 Å². The Morgan fingerprint density at radius 2 is 1.91 bits per heavy atom. The molecule has 2 fully saturated rings. The van der Waals surface area contributed by atoms with Gasteiger partial charge in [-0.1, -0.05) is 0 Å². The smallest absolute Gasteiger partial charge is 0.407 e. The van der Waals surface area contributed by atoms with Gasteiger partial charge in [-0.25, -0.2) is 4.79 Å². The van der Waals surface area contributed by atoms with Gasteiger partial charge in [0.05, 0.1) is 13.2 Å². The first-order chi connectivity index (χ1) is 10.9. The molecular weight excluding hydrogens is 294 g/mol. The van der Waals surface area contributed by atoms with Gasteiger partial charge in [-0.05, 0) is 46.5 Å². The van der Waals surface area contributed by atoms with Crippen LogP contribution in [0.3, 0.4) is 0 Å². The zero-order chi connectivity index (χ0) is 16.7. The second kappa shape index (κ2) is 8.85. The molecule has 2 atom stereocenters. The summed E-state index contributed by atoms with van der Waals surface area (Å²) in [6, 6.07) is 0.712. The summed E-state index contributed by atoms with van der Waals surface area (Å²) in [6.45, 7) is 11.5. The molecular formula is C17H33N3O3. The Kier molecular flexibility index (Phi) is 7.11. The average Bonchev–Trinajstić information content (AvgIpc) is 2.46. The van der Waals surface area contributed by atoms with E-state index in [0.29, 0.717) is 6.04 Å². The Bertz CT molecular complexity index is 365. The molecule has 23 heavy (non-hydrogen) atoms. The minimum atomic E-state index is -0.436. The molecule has 2 unspecified atom stereocenters. The van der Waals surface area contributed by atoms with E-state index in [1.807, 2.05) is 20.8 Å². The monoisotopic (exact) mass is 327 g/mol. The van der Waals surface area contributed by atoms with Crippen LogP contribution in [-0.4, -0.2) is 68.1 Å². The average molecular weight is 327 g/mol.